The van der Waals surface area contributed by atoms with Crippen LogP contribution >= 0.6 is 0 Å². The highest BCUT2D eigenvalue weighted by molar-refractivity contribution is 6.03. The van der Waals surface area contributed by atoms with Crippen molar-refractivity contribution in [2.24, 2.45) is 0 Å². The fourth-order valence-corrected chi connectivity index (χ4v) is 5.90. The fraction of sp³-hybridized carbons (Fsp3) is 0.433. The molecule has 3 aromatic rings. The second-order valence-electron chi connectivity index (χ2n) is 11.0. The normalized spacial score (nSPS) is 17.7. The van der Waals surface area contributed by atoms with Crippen LogP contribution in [0.4, 0.5) is 34.9 Å². The summed E-state index contributed by atoms with van der Waals surface area (Å²) in [5.74, 6) is -1.73. The number of aromatic nitrogens is 2. The van der Waals surface area contributed by atoms with Crippen molar-refractivity contribution in [2.45, 2.75) is 24.6 Å². The van der Waals surface area contributed by atoms with E-state index in [2.05, 4.69) is 20.2 Å². The molecule has 2 fully saturated rings. The van der Waals surface area contributed by atoms with Gasteiger partial charge in [0.2, 0.25) is 11.8 Å². The van der Waals surface area contributed by atoms with Crippen LogP contribution in [0.2, 0.25) is 0 Å². The average Bonchev–Trinajstić information content (AvgIpc) is 3.78. The van der Waals surface area contributed by atoms with Crippen molar-refractivity contribution in [1.82, 2.24) is 19.8 Å². The van der Waals surface area contributed by atoms with Crippen molar-refractivity contribution < 1.29 is 36.6 Å². The first-order valence-electron chi connectivity index (χ1n) is 14.2. The molecule has 1 aliphatic carbocycles. The number of nitrogens with zero attached hydrogens (tertiary/aromatic N) is 5. The van der Waals surface area contributed by atoms with Gasteiger partial charge in [-0.15, -0.1) is 0 Å². The summed E-state index contributed by atoms with van der Waals surface area (Å²) < 4.78 is 73.7. The zero-order valence-electron chi connectivity index (χ0n) is 24.5. The molecule has 1 saturated carbocycles. The van der Waals surface area contributed by atoms with Gasteiger partial charge in [0.1, 0.15) is 22.9 Å². The van der Waals surface area contributed by atoms with Crippen LogP contribution in [0, 0.1) is 5.82 Å². The fourth-order valence-electron chi connectivity index (χ4n) is 5.90. The maximum atomic E-state index is 15.4. The molecule has 234 valence electrons. The van der Waals surface area contributed by atoms with Crippen molar-refractivity contribution in [1.29, 1.82) is 0 Å². The van der Waals surface area contributed by atoms with Crippen LogP contribution in [0.15, 0.2) is 36.5 Å². The molecule has 3 heterocycles. The predicted molar refractivity (Wildman–Crippen MR) is 153 cm³/mol. The van der Waals surface area contributed by atoms with Crippen molar-refractivity contribution in [3.05, 3.63) is 59.0 Å². The third kappa shape index (κ3) is 5.36. The molecular formula is C30H32F4N6O4. The number of alkyl halides is 3. The average molecular weight is 617 g/mol. The lowest BCUT2D eigenvalue weighted by Crippen LogP contribution is -2.47. The zero-order valence-corrected chi connectivity index (χ0v) is 24.5. The Kier molecular flexibility index (Phi) is 7.74. The minimum atomic E-state index is -4.84. The zero-order chi connectivity index (χ0) is 31.2. The van der Waals surface area contributed by atoms with Gasteiger partial charge in [-0.25, -0.2) is 9.37 Å². The van der Waals surface area contributed by atoms with Gasteiger partial charge < -0.3 is 29.3 Å². The topological polar surface area (TPSA) is 92.3 Å². The summed E-state index contributed by atoms with van der Waals surface area (Å²) in [5.41, 5.74) is -0.267. The standard InChI is InChI=1S/C30H32F4N6O4/c1-38-27(41)25-18(29(38)7-8-29)5-4-6-23(25)44-26-19(30(32,33)34)17-35-28(37-26)36-21-15-20(31)22(16-24(21)43-3)40-11-9-39(10-12-40)13-14-42-2/h4-6,15-17H,7-14H2,1-3H3,(H,35,36,37). The second-order valence-corrected chi connectivity index (χ2v) is 11.0. The number of benzene rings is 2. The molecule has 0 bridgehead atoms. The lowest BCUT2D eigenvalue weighted by atomic mass is 10.0. The first kappa shape index (κ1) is 29.9. The first-order valence-corrected chi connectivity index (χ1v) is 14.2. The molecule has 1 spiro atoms. The number of hydrogen-bond acceptors (Lipinski definition) is 9. The number of carbonyl (C=O) groups excluding carboxylic acids is 1. The summed E-state index contributed by atoms with van der Waals surface area (Å²) in [7, 11) is 4.73. The van der Waals surface area contributed by atoms with Gasteiger partial charge in [-0.3, -0.25) is 9.69 Å². The van der Waals surface area contributed by atoms with E-state index in [9.17, 15) is 18.0 Å². The highest BCUT2D eigenvalue weighted by Gasteiger charge is 2.57. The van der Waals surface area contributed by atoms with E-state index in [-0.39, 0.29) is 34.6 Å². The maximum absolute atomic E-state index is 15.4. The summed E-state index contributed by atoms with van der Waals surface area (Å²) in [4.78, 5) is 26.7. The lowest BCUT2D eigenvalue weighted by Gasteiger charge is -2.36. The van der Waals surface area contributed by atoms with Crippen LogP contribution in [0.5, 0.6) is 17.4 Å². The quantitative estimate of drug-likeness (QED) is 0.333. The van der Waals surface area contributed by atoms with Crippen molar-refractivity contribution in [3.63, 3.8) is 0 Å². The van der Waals surface area contributed by atoms with Crippen molar-refractivity contribution in [2.75, 3.05) is 70.8 Å². The third-order valence-corrected chi connectivity index (χ3v) is 8.52. The Morgan fingerprint density at radius 2 is 1.82 bits per heavy atom. The Balaban J connectivity index is 1.27. The Bertz CT molecular complexity index is 1570. The number of hydrogen-bond donors (Lipinski definition) is 1. The number of nitrogens with one attached hydrogen (secondary N) is 1. The highest BCUT2D eigenvalue weighted by Crippen LogP contribution is 2.57. The Labute approximate surface area is 251 Å². The summed E-state index contributed by atoms with van der Waals surface area (Å²) >= 11 is 0. The molecule has 2 aromatic carbocycles. The highest BCUT2D eigenvalue weighted by atomic mass is 19.4. The van der Waals surface area contributed by atoms with E-state index in [4.69, 9.17) is 14.2 Å². The molecular weight excluding hydrogens is 584 g/mol. The van der Waals surface area contributed by atoms with E-state index in [0.29, 0.717) is 31.6 Å². The number of piperazine rings is 1. The van der Waals surface area contributed by atoms with E-state index in [1.165, 1.54) is 25.3 Å². The van der Waals surface area contributed by atoms with Crippen molar-refractivity contribution in [3.8, 4) is 17.4 Å². The Hall–Kier alpha value is -4.17. The monoisotopic (exact) mass is 616 g/mol. The summed E-state index contributed by atoms with van der Waals surface area (Å²) in [6, 6.07) is 7.60. The van der Waals surface area contributed by atoms with Gasteiger partial charge in [0.05, 0.1) is 36.2 Å². The molecule has 0 radical (unpaired) electrons. The summed E-state index contributed by atoms with van der Waals surface area (Å²) in [5, 5.41) is 2.77. The maximum Gasteiger partial charge on any atom is 0.423 e. The number of fused-ring (bicyclic) bond motifs is 2. The van der Waals surface area contributed by atoms with Crippen LogP contribution in [0.3, 0.4) is 0 Å². The number of halogens is 4. The molecule has 14 heteroatoms. The molecule has 3 aliphatic rings. The van der Waals surface area contributed by atoms with Crippen LogP contribution in [-0.2, 0) is 16.5 Å². The molecule has 1 aromatic heterocycles. The van der Waals surface area contributed by atoms with Crippen LogP contribution in [-0.4, -0.2) is 86.3 Å². The van der Waals surface area contributed by atoms with Gasteiger partial charge in [-0.1, -0.05) is 12.1 Å². The van der Waals surface area contributed by atoms with E-state index in [1.54, 1.807) is 31.2 Å². The first-order chi connectivity index (χ1) is 21.1. The second kappa shape index (κ2) is 11.4. The number of methoxy groups -OCH3 is 2. The molecule has 1 saturated heterocycles. The van der Waals surface area contributed by atoms with Gasteiger partial charge in [0.15, 0.2) is 0 Å². The molecule has 2 aliphatic heterocycles. The Morgan fingerprint density at radius 3 is 2.48 bits per heavy atom. The lowest BCUT2D eigenvalue weighted by molar-refractivity contribution is -0.139. The van der Waals surface area contributed by atoms with Gasteiger partial charge in [0, 0.05) is 65.2 Å². The van der Waals surface area contributed by atoms with E-state index in [1.807, 2.05) is 4.90 Å². The molecule has 44 heavy (non-hydrogen) atoms. The van der Waals surface area contributed by atoms with Gasteiger partial charge in [-0.2, -0.15) is 18.2 Å². The third-order valence-electron chi connectivity index (χ3n) is 8.52. The van der Waals surface area contributed by atoms with E-state index in [0.717, 1.165) is 38.0 Å². The number of rotatable bonds is 9. The minimum Gasteiger partial charge on any atom is -0.494 e. The smallest absolute Gasteiger partial charge is 0.423 e. The molecule has 6 rings (SSSR count). The molecule has 1 amide bonds. The van der Waals surface area contributed by atoms with E-state index < -0.39 is 29.0 Å². The Morgan fingerprint density at radius 1 is 1.07 bits per heavy atom. The van der Waals surface area contributed by atoms with Gasteiger partial charge in [-0.05, 0) is 24.5 Å². The van der Waals surface area contributed by atoms with Crippen LogP contribution < -0.4 is 19.7 Å². The molecule has 1 N–H and O–H groups in total. The predicted octanol–water partition coefficient (Wildman–Crippen LogP) is 5.02. The molecule has 10 nitrogen and oxygen atoms in total. The number of amides is 1. The SMILES string of the molecule is COCCN1CCN(c2cc(OC)c(Nc3ncc(C(F)(F)F)c(Oc4cccc5c4C(=O)N(C)C54CC4)n3)cc2F)CC1. The number of anilines is 3. The summed E-state index contributed by atoms with van der Waals surface area (Å²) in [6.45, 7) is 4.08. The van der Waals surface area contributed by atoms with Gasteiger partial charge in [0.25, 0.3) is 5.91 Å². The van der Waals surface area contributed by atoms with Gasteiger partial charge >= 0.3 is 6.18 Å². The number of ether oxygens (including phenoxy) is 3. The summed E-state index contributed by atoms with van der Waals surface area (Å²) in [6.07, 6.45) is -2.72. The number of carbonyl (C=O) groups is 1. The molecule has 0 unspecified atom stereocenters. The minimum absolute atomic E-state index is 0.0337. The van der Waals surface area contributed by atoms with Crippen LogP contribution in [0.1, 0.15) is 34.3 Å². The van der Waals surface area contributed by atoms with Crippen molar-refractivity contribution >= 4 is 23.2 Å². The molecule has 0 atom stereocenters. The largest absolute Gasteiger partial charge is 0.494 e. The van der Waals surface area contributed by atoms with E-state index >= 15 is 4.39 Å². The van der Waals surface area contributed by atoms with Crippen LogP contribution in [0.25, 0.3) is 0 Å².